The van der Waals surface area contributed by atoms with Gasteiger partial charge in [-0.15, -0.1) is 0 Å². The third-order valence-electron chi connectivity index (χ3n) is 2.59. The van der Waals surface area contributed by atoms with Crippen molar-refractivity contribution in [3.05, 3.63) is 46.9 Å². The van der Waals surface area contributed by atoms with Gasteiger partial charge in [-0.1, -0.05) is 11.6 Å². The number of carbonyl (C=O) groups excluding carboxylic acids is 1. The molecule has 2 rings (SSSR count). The number of amides is 1. The number of benzene rings is 1. The van der Waals surface area contributed by atoms with Gasteiger partial charge in [-0.2, -0.15) is 5.26 Å². The molecule has 0 atom stereocenters. The lowest BCUT2D eigenvalue weighted by Gasteiger charge is -2.07. The van der Waals surface area contributed by atoms with Crippen molar-refractivity contribution >= 4 is 29.0 Å². The molecule has 0 aliphatic rings. The van der Waals surface area contributed by atoms with Crippen LogP contribution < -0.4 is 10.6 Å². The fourth-order valence-corrected chi connectivity index (χ4v) is 1.79. The minimum atomic E-state index is -0.454. The molecule has 1 aromatic heterocycles. The van der Waals surface area contributed by atoms with Crippen LogP contribution in [0.25, 0.3) is 0 Å². The second-order valence-corrected chi connectivity index (χ2v) is 4.51. The molecule has 0 unspecified atom stereocenters. The molecule has 0 radical (unpaired) electrons. The van der Waals surface area contributed by atoms with Crippen molar-refractivity contribution in [2.45, 2.75) is 6.92 Å². The molecule has 0 saturated heterocycles. The van der Waals surface area contributed by atoms with E-state index in [1.54, 1.807) is 6.07 Å². The van der Waals surface area contributed by atoms with Crippen LogP contribution in [0, 0.1) is 11.3 Å². The highest BCUT2D eigenvalue weighted by molar-refractivity contribution is 6.31. The summed E-state index contributed by atoms with van der Waals surface area (Å²) in [5.41, 5.74) is 0.818. The molecule has 7 heteroatoms. The van der Waals surface area contributed by atoms with Gasteiger partial charge in [0.25, 0.3) is 5.91 Å². The summed E-state index contributed by atoms with van der Waals surface area (Å²) in [6.45, 7) is 2.65. The van der Waals surface area contributed by atoms with Crippen molar-refractivity contribution in [3.63, 3.8) is 0 Å². The Balaban J connectivity index is 2.18. The van der Waals surface area contributed by atoms with Crippen LogP contribution in [0.1, 0.15) is 23.0 Å². The summed E-state index contributed by atoms with van der Waals surface area (Å²) < 4.78 is 0. The number of nitriles is 1. The van der Waals surface area contributed by atoms with Crippen LogP contribution in [0.4, 0.5) is 11.5 Å². The van der Waals surface area contributed by atoms with E-state index >= 15 is 0 Å². The van der Waals surface area contributed by atoms with Crippen LogP contribution in [0.2, 0.25) is 5.02 Å². The van der Waals surface area contributed by atoms with Crippen molar-refractivity contribution < 1.29 is 4.79 Å². The van der Waals surface area contributed by atoms with Crippen molar-refractivity contribution in [1.82, 2.24) is 9.97 Å². The zero-order chi connectivity index (χ0) is 15.2. The summed E-state index contributed by atoms with van der Waals surface area (Å²) in [6, 6.07) is 6.62. The number of rotatable bonds is 4. The first-order chi connectivity index (χ1) is 10.1. The minimum absolute atomic E-state index is 0.153. The SMILES string of the molecule is CCNc1cnc(C(=O)Nc2cc(Cl)ccc2C#N)cn1. The first kappa shape index (κ1) is 14.8. The molecule has 0 bridgehead atoms. The fraction of sp³-hybridized carbons (Fsp3) is 0.143. The molecular formula is C14H12ClN5O. The molecular weight excluding hydrogens is 290 g/mol. The monoisotopic (exact) mass is 301 g/mol. The van der Waals surface area contributed by atoms with Gasteiger partial charge in [0, 0.05) is 11.6 Å². The average Bonchev–Trinajstić information content (AvgIpc) is 2.48. The molecule has 0 aliphatic heterocycles. The Kier molecular flexibility index (Phi) is 4.69. The van der Waals surface area contributed by atoms with Crippen molar-refractivity contribution in [3.8, 4) is 6.07 Å². The van der Waals surface area contributed by atoms with Gasteiger partial charge in [0.2, 0.25) is 0 Å². The Morgan fingerprint density at radius 3 is 2.81 bits per heavy atom. The van der Waals surface area contributed by atoms with Gasteiger partial charge in [0.15, 0.2) is 0 Å². The Hall–Kier alpha value is -2.65. The highest BCUT2D eigenvalue weighted by atomic mass is 35.5. The van der Waals surface area contributed by atoms with E-state index in [4.69, 9.17) is 16.9 Å². The Labute approximate surface area is 126 Å². The van der Waals surface area contributed by atoms with Crippen LogP contribution in [-0.4, -0.2) is 22.4 Å². The van der Waals surface area contributed by atoms with Crippen LogP contribution in [0.5, 0.6) is 0 Å². The van der Waals surface area contributed by atoms with Crippen LogP contribution in [-0.2, 0) is 0 Å². The Morgan fingerprint density at radius 2 is 2.19 bits per heavy atom. The van der Waals surface area contributed by atoms with Gasteiger partial charge in [-0.05, 0) is 25.1 Å². The van der Waals surface area contributed by atoms with Crippen LogP contribution in [0.15, 0.2) is 30.6 Å². The quantitative estimate of drug-likeness (QED) is 0.906. The maximum atomic E-state index is 12.1. The maximum absolute atomic E-state index is 12.1. The Bertz CT molecular complexity index is 694. The lowest BCUT2D eigenvalue weighted by molar-refractivity contribution is 0.102. The molecule has 0 fully saturated rings. The smallest absolute Gasteiger partial charge is 0.275 e. The number of hydrogen-bond donors (Lipinski definition) is 2. The predicted octanol–water partition coefficient (Wildman–Crippen LogP) is 2.69. The van der Waals surface area contributed by atoms with Gasteiger partial charge >= 0.3 is 0 Å². The first-order valence-electron chi connectivity index (χ1n) is 6.21. The highest BCUT2D eigenvalue weighted by Gasteiger charge is 2.11. The molecule has 0 aliphatic carbocycles. The number of nitrogens with zero attached hydrogens (tertiary/aromatic N) is 3. The van der Waals surface area contributed by atoms with E-state index in [0.717, 1.165) is 0 Å². The molecule has 6 nitrogen and oxygen atoms in total. The third-order valence-corrected chi connectivity index (χ3v) is 2.83. The molecule has 0 spiro atoms. The summed E-state index contributed by atoms with van der Waals surface area (Å²) >= 11 is 5.86. The van der Waals surface area contributed by atoms with Crippen molar-refractivity contribution in [2.24, 2.45) is 0 Å². The van der Waals surface area contributed by atoms with Gasteiger partial charge in [-0.25, -0.2) is 9.97 Å². The number of nitrogens with one attached hydrogen (secondary N) is 2. The second-order valence-electron chi connectivity index (χ2n) is 4.07. The molecule has 106 valence electrons. The van der Waals surface area contributed by atoms with Gasteiger partial charge in [0.05, 0.1) is 23.6 Å². The molecule has 2 N–H and O–H groups in total. The summed E-state index contributed by atoms with van der Waals surface area (Å²) in [7, 11) is 0. The summed E-state index contributed by atoms with van der Waals surface area (Å²) in [5, 5.41) is 15.0. The largest absolute Gasteiger partial charge is 0.369 e. The van der Waals surface area contributed by atoms with E-state index in [0.29, 0.717) is 28.6 Å². The molecule has 2 aromatic rings. The Morgan fingerprint density at radius 1 is 1.38 bits per heavy atom. The molecule has 0 saturated carbocycles. The zero-order valence-electron chi connectivity index (χ0n) is 11.2. The summed E-state index contributed by atoms with van der Waals surface area (Å²) in [4.78, 5) is 20.2. The molecule has 1 aromatic carbocycles. The third kappa shape index (κ3) is 3.68. The van der Waals surface area contributed by atoms with E-state index in [1.807, 2.05) is 13.0 Å². The average molecular weight is 302 g/mol. The summed E-state index contributed by atoms with van der Waals surface area (Å²) in [5.74, 6) is 0.138. The number of carbonyl (C=O) groups is 1. The lowest BCUT2D eigenvalue weighted by Crippen LogP contribution is -2.15. The highest BCUT2D eigenvalue weighted by Crippen LogP contribution is 2.20. The predicted molar refractivity (Wildman–Crippen MR) is 80.3 cm³/mol. The minimum Gasteiger partial charge on any atom is -0.369 e. The van der Waals surface area contributed by atoms with E-state index in [-0.39, 0.29) is 5.69 Å². The number of aromatic nitrogens is 2. The normalized spacial score (nSPS) is 9.76. The number of halogens is 1. The van der Waals surface area contributed by atoms with E-state index in [1.165, 1.54) is 24.5 Å². The molecule has 21 heavy (non-hydrogen) atoms. The molecule has 1 amide bonds. The fourth-order valence-electron chi connectivity index (χ4n) is 1.62. The topological polar surface area (TPSA) is 90.7 Å². The van der Waals surface area contributed by atoms with E-state index in [9.17, 15) is 4.79 Å². The van der Waals surface area contributed by atoms with Gasteiger partial charge < -0.3 is 10.6 Å². The lowest BCUT2D eigenvalue weighted by atomic mass is 10.2. The van der Waals surface area contributed by atoms with Gasteiger partial charge in [0.1, 0.15) is 17.6 Å². The van der Waals surface area contributed by atoms with E-state index < -0.39 is 5.91 Å². The van der Waals surface area contributed by atoms with Crippen LogP contribution >= 0.6 is 11.6 Å². The van der Waals surface area contributed by atoms with Crippen molar-refractivity contribution in [1.29, 1.82) is 5.26 Å². The second kappa shape index (κ2) is 6.68. The van der Waals surface area contributed by atoms with E-state index in [2.05, 4.69) is 20.6 Å². The zero-order valence-corrected chi connectivity index (χ0v) is 12.0. The standard InChI is InChI=1S/C14H12ClN5O/c1-2-17-13-8-18-12(7-19-13)14(21)20-11-5-10(15)4-3-9(11)6-16/h3-5,7-8H,2H2,1H3,(H,17,19)(H,20,21). The number of hydrogen-bond acceptors (Lipinski definition) is 5. The maximum Gasteiger partial charge on any atom is 0.275 e. The number of anilines is 2. The van der Waals surface area contributed by atoms with Crippen molar-refractivity contribution in [2.75, 3.05) is 17.2 Å². The van der Waals surface area contributed by atoms with Crippen LogP contribution in [0.3, 0.4) is 0 Å². The summed E-state index contributed by atoms with van der Waals surface area (Å²) in [6.07, 6.45) is 2.84. The first-order valence-corrected chi connectivity index (χ1v) is 6.58. The molecule has 1 heterocycles. The van der Waals surface area contributed by atoms with Gasteiger partial charge in [-0.3, -0.25) is 4.79 Å².